The van der Waals surface area contributed by atoms with Gasteiger partial charge < -0.3 is 10.0 Å². The van der Waals surface area contributed by atoms with Crippen molar-refractivity contribution in [2.45, 2.75) is 26.8 Å². The Hall–Kier alpha value is -3.70. The molecule has 4 rings (SSSR count). The quantitative estimate of drug-likeness (QED) is 0.683. The van der Waals surface area contributed by atoms with Gasteiger partial charge in [-0.05, 0) is 56.2 Å². The monoisotopic (exact) mass is 430 g/mol. The lowest BCUT2D eigenvalue weighted by atomic mass is 10.0. The van der Waals surface area contributed by atoms with Crippen molar-refractivity contribution >= 4 is 5.91 Å². The number of aromatic hydroxyl groups is 1. The van der Waals surface area contributed by atoms with Crippen LogP contribution in [0.25, 0.3) is 16.9 Å². The maximum absolute atomic E-state index is 12.8. The number of nitrogens with zero attached hydrogens (tertiary/aromatic N) is 6. The van der Waals surface area contributed by atoms with Crippen molar-refractivity contribution in [1.29, 1.82) is 5.26 Å². The van der Waals surface area contributed by atoms with Crippen LogP contribution in [0.4, 0.5) is 0 Å². The van der Waals surface area contributed by atoms with Gasteiger partial charge in [0.25, 0.3) is 5.91 Å². The van der Waals surface area contributed by atoms with E-state index >= 15 is 0 Å². The average molecular weight is 431 g/mol. The number of rotatable bonds is 4. The second-order valence-corrected chi connectivity index (χ2v) is 8.26. The van der Waals surface area contributed by atoms with Crippen molar-refractivity contribution in [3.8, 4) is 28.9 Å². The Morgan fingerprint density at radius 1 is 1.09 bits per heavy atom. The fourth-order valence-electron chi connectivity index (χ4n) is 4.00. The predicted molar refractivity (Wildman–Crippen MR) is 121 cm³/mol. The highest BCUT2D eigenvalue weighted by molar-refractivity contribution is 5.94. The van der Waals surface area contributed by atoms with Gasteiger partial charge in [-0.25, -0.2) is 4.98 Å². The van der Waals surface area contributed by atoms with E-state index in [2.05, 4.69) is 34.9 Å². The molecule has 1 N–H and O–H groups in total. The number of hydrogen-bond donors (Lipinski definition) is 1. The number of carbonyl (C=O) groups excluding carboxylic acids is 1. The molecule has 0 spiro atoms. The van der Waals surface area contributed by atoms with E-state index in [0.717, 1.165) is 24.2 Å². The number of amides is 1. The maximum Gasteiger partial charge on any atom is 0.255 e. The van der Waals surface area contributed by atoms with Gasteiger partial charge in [0.1, 0.15) is 0 Å². The number of carbonyl (C=O) groups is 1. The highest BCUT2D eigenvalue weighted by Crippen LogP contribution is 2.33. The van der Waals surface area contributed by atoms with Crippen LogP contribution in [0.15, 0.2) is 42.7 Å². The van der Waals surface area contributed by atoms with Gasteiger partial charge in [0.05, 0.1) is 29.0 Å². The molecule has 1 saturated heterocycles. The maximum atomic E-state index is 12.8. The fraction of sp³-hybridized carbons (Fsp3) is 0.333. The number of aromatic nitrogens is 3. The molecule has 1 fully saturated rings. The molecule has 164 valence electrons. The molecule has 0 atom stereocenters. The van der Waals surface area contributed by atoms with Crippen LogP contribution >= 0.6 is 0 Å². The smallest absolute Gasteiger partial charge is 0.255 e. The SMILES string of the molecule is Cc1cc(C#N)ccc1-c1cnn(-c2ccc(C(=O)N3CCN(C(C)C)CC3)cn2)c1O. The van der Waals surface area contributed by atoms with Gasteiger partial charge >= 0.3 is 0 Å². The highest BCUT2D eigenvalue weighted by atomic mass is 16.3. The number of aryl methyl sites for hydroxylation is 1. The van der Waals surface area contributed by atoms with E-state index < -0.39 is 0 Å². The third kappa shape index (κ3) is 4.07. The molecular formula is C24H26N6O2. The number of nitriles is 1. The van der Waals surface area contributed by atoms with Gasteiger partial charge in [0, 0.05) is 38.4 Å². The van der Waals surface area contributed by atoms with Gasteiger partial charge in [-0.15, -0.1) is 0 Å². The minimum atomic E-state index is -0.0470. The molecule has 3 aromatic rings. The Balaban J connectivity index is 1.52. The normalized spacial score (nSPS) is 14.5. The van der Waals surface area contributed by atoms with E-state index in [9.17, 15) is 9.90 Å². The van der Waals surface area contributed by atoms with Crippen LogP contribution in [0.2, 0.25) is 0 Å². The third-order valence-corrected chi connectivity index (χ3v) is 5.93. The summed E-state index contributed by atoms with van der Waals surface area (Å²) < 4.78 is 1.34. The zero-order valence-electron chi connectivity index (χ0n) is 18.5. The summed E-state index contributed by atoms with van der Waals surface area (Å²) in [5.41, 5.74) is 3.29. The lowest BCUT2D eigenvalue weighted by Gasteiger charge is -2.36. The Labute approximate surface area is 187 Å². The van der Waals surface area contributed by atoms with E-state index in [-0.39, 0.29) is 11.8 Å². The zero-order valence-corrected chi connectivity index (χ0v) is 18.5. The van der Waals surface area contributed by atoms with E-state index in [1.165, 1.54) is 10.9 Å². The summed E-state index contributed by atoms with van der Waals surface area (Å²) in [6.07, 6.45) is 3.10. The average Bonchev–Trinajstić information content (AvgIpc) is 3.19. The Morgan fingerprint density at radius 2 is 1.84 bits per heavy atom. The molecule has 8 nitrogen and oxygen atoms in total. The lowest BCUT2D eigenvalue weighted by molar-refractivity contribution is 0.0595. The molecule has 0 unspecified atom stereocenters. The molecule has 1 aliphatic heterocycles. The van der Waals surface area contributed by atoms with Crippen molar-refractivity contribution in [3.05, 3.63) is 59.4 Å². The molecule has 1 aromatic carbocycles. The Morgan fingerprint density at radius 3 is 2.44 bits per heavy atom. The van der Waals surface area contributed by atoms with Gasteiger partial charge in [0.2, 0.25) is 5.88 Å². The van der Waals surface area contributed by atoms with E-state index in [0.29, 0.717) is 41.6 Å². The first kappa shape index (κ1) is 21.5. The van der Waals surface area contributed by atoms with Gasteiger partial charge in [-0.2, -0.15) is 15.0 Å². The summed E-state index contributed by atoms with van der Waals surface area (Å²) in [5, 5.41) is 24.1. The molecular weight excluding hydrogens is 404 g/mol. The van der Waals surface area contributed by atoms with Crippen molar-refractivity contribution in [2.24, 2.45) is 0 Å². The molecule has 8 heteroatoms. The molecule has 0 aliphatic carbocycles. The Kier molecular flexibility index (Phi) is 5.93. The molecule has 0 saturated carbocycles. The predicted octanol–water partition coefficient (Wildman–Crippen LogP) is 2.99. The standard InChI is InChI=1S/C24H26N6O2/c1-16(2)28-8-10-29(11-9-28)23(31)19-5-7-22(26-14-19)30-24(32)21(15-27-30)20-6-4-18(13-25)12-17(20)3/h4-7,12,14-16,32H,8-11H2,1-3H3. The summed E-state index contributed by atoms with van der Waals surface area (Å²) in [7, 11) is 0. The Bertz CT molecular complexity index is 1170. The number of benzene rings is 1. The van der Waals surface area contributed by atoms with E-state index in [4.69, 9.17) is 5.26 Å². The number of pyridine rings is 1. The summed E-state index contributed by atoms with van der Waals surface area (Å²) in [4.78, 5) is 21.4. The molecule has 0 bridgehead atoms. The van der Waals surface area contributed by atoms with Crippen LogP contribution in [0.1, 0.15) is 35.3 Å². The summed E-state index contributed by atoms with van der Waals surface area (Å²) in [6.45, 7) is 9.35. The largest absolute Gasteiger partial charge is 0.493 e. The molecule has 0 radical (unpaired) electrons. The molecule has 32 heavy (non-hydrogen) atoms. The molecule has 1 aliphatic rings. The van der Waals surface area contributed by atoms with Crippen molar-refractivity contribution in [1.82, 2.24) is 24.6 Å². The first-order chi connectivity index (χ1) is 15.4. The zero-order chi connectivity index (χ0) is 22.8. The van der Waals surface area contributed by atoms with Crippen LogP contribution in [-0.2, 0) is 0 Å². The van der Waals surface area contributed by atoms with E-state index in [1.807, 2.05) is 11.8 Å². The van der Waals surface area contributed by atoms with Crippen LogP contribution in [0, 0.1) is 18.3 Å². The molecule has 2 aromatic heterocycles. The number of hydrogen-bond acceptors (Lipinski definition) is 6. The first-order valence-electron chi connectivity index (χ1n) is 10.7. The minimum Gasteiger partial charge on any atom is -0.493 e. The molecule has 3 heterocycles. The van der Waals surface area contributed by atoms with Gasteiger partial charge in [-0.3, -0.25) is 9.69 Å². The summed E-state index contributed by atoms with van der Waals surface area (Å²) in [6, 6.07) is 11.3. The number of piperazine rings is 1. The van der Waals surface area contributed by atoms with Crippen molar-refractivity contribution < 1.29 is 9.90 Å². The third-order valence-electron chi connectivity index (χ3n) is 5.93. The second kappa shape index (κ2) is 8.81. The van der Waals surface area contributed by atoms with Crippen LogP contribution < -0.4 is 0 Å². The van der Waals surface area contributed by atoms with Crippen molar-refractivity contribution in [2.75, 3.05) is 26.2 Å². The first-order valence-corrected chi connectivity index (χ1v) is 10.7. The highest BCUT2D eigenvalue weighted by Gasteiger charge is 2.24. The van der Waals surface area contributed by atoms with Crippen LogP contribution in [0.5, 0.6) is 5.88 Å². The second-order valence-electron chi connectivity index (χ2n) is 8.26. The van der Waals surface area contributed by atoms with Gasteiger partial charge in [0.15, 0.2) is 5.82 Å². The minimum absolute atomic E-state index is 0.0361. The van der Waals surface area contributed by atoms with Crippen LogP contribution in [-0.4, -0.2) is 67.8 Å². The van der Waals surface area contributed by atoms with Crippen LogP contribution in [0.3, 0.4) is 0 Å². The van der Waals surface area contributed by atoms with Crippen molar-refractivity contribution in [3.63, 3.8) is 0 Å². The summed E-state index contributed by atoms with van der Waals surface area (Å²) >= 11 is 0. The summed E-state index contributed by atoms with van der Waals surface area (Å²) in [5.74, 6) is 0.335. The lowest BCUT2D eigenvalue weighted by Crippen LogP contribution is -2.50. The molecule has 1 amide bonds. The van der Waals surface area contributed by atoms with Gasteiger partial charge in [-0.1, -0.05) is 6.07 Å². The topological polar surface area (TPSA) is 98.3 Å². The van der Waals surface area contributed by atoms with E-state index in [1.54, 1.807) is 36.5 Å². The fourth-order valence-corrected chi connectivity index (χ4v) is 4.00.